The van der Waals surface area contributed by atoms with Gasteiger partial charge in [0.15, 0.2) is 0 Å². The van der Waals surface area contributed by atoms with E-state index in [9.17, 15) is 9.00 Å². The van der Waals surface area contributed by atoms with E-state index in [2.05, 4.69) is 5.32 Å². The van der Waals surface area contributed by atoms with E-state index in [1.807, 2.05) is 0 Å². The van der Waals surface area contributed by atoms with E-state index in [4.69, 9.17) is 10.5 Å². The Morgan fingerprint density at radius 1 is 1.42 bits per heavy atom. The molecular formula is C13H18N2O3S. The molecule has 0 spiro atoms. The highest BCUT2D eigenvalue weighted by atomic mass is 32.2. The van der Waals surface area contributed by atoms with Gasteiger partial charge in [-0.1, -0.05) is 0 Å². The van der Waals surface area contributed by atoms with Crippen LogP contribution in [0.3, 0.4) is 0 Å². The Balaban J connectivity index is 2.05. The van der Waals surface area contributed by atoms with Crippen LogP contribution in [0.4, 0.5) is 5.69 Å². The monoisotopic (exact) mass is 282 g/mol. The summed E-state index contributed by atoms with van der Waals surface area (Å²) in [6.07, 6.45) is 1.50. The normalized spacial score (nSPS) is 22.8. The van der Waals surface area contributed by atoms with Crippen LogP contribution in [0.15, 0.2) is 18.2 Å². The van der Waals surface area contributed by atoms with E-state index in [1.165, 1.54) is 0 Å². The lowest BCUT2D eigenvalue weighted by molar-refractivity contribution is 0.0935. The van der Waals surface area contributed by atoms with E-state index in [0.717, 1.165) is 12.8 Å². The zero-order valence-corrected chi connectivity index (χ0v) is 11.7. The van der Waals surface area contributed by atoms with Crippen LogP contribution in [0.5, 0.6) is 5.75 Å². The first-order valence-electron chi connectivity index (χ1n) is 6.19. The van der Waals surface area contributed by atoms with E-state index in [-0.39, 0.29) is 11.9 Å². The average molecular weight is 282 g/mol. The zero-order valence-electron chi connectivity index (χ0n) is 10.8. The lowest BCUT2D eigenvalue weighted by Crippen LogP contribution is -2.39. The summed E-state index contributed by atoms with van der Waals surface area (Å²) >= 11 is 0. The van der Waals surface area contributed by atoms with Crippen molar-refractivity contribution >= 4 is 22.4 Å². The maximum atomic E-state index is 12.2. The van der Waals surface area contributed by atoms with Crippen LogP contribution in [-0.4, -0.2) is 34.8 Å². The van der Waals surface area contributed by atoms with Crippen LogP contribution in [0.25, 0.3) is 0 Å². The molecule has 1 saturated heterocycles. The molecule has 2 rings (SSSR count). The number of hydrogen-bond acceptors (Lipinski definition) is 4. The van der Waals surface area contributed by atoms with E-state index in [1.54, 1.807) is 25.3 Å². The van der Waals surface area contributed by atoms with Gasteiger partial charge in [-0.25, -0.2) is 0 Å². The standard InChI is InChI=1S/C13H18N2O3S/c1-18-10-2-3-12(14)11(8-10)13(16)15-9-4-6-19(17)7-5-9/h2-3,8-9H,4-7,14H2,1H3,(H,15,16). The summed E-state index contributed by atoms with van der Waals surface area (Å²) in [5, 5.41) is 2.94. The number of amides is 1. The molecule has 104 valence electrons. The van der Waals surface area contributed by atoms with Gasteiger partial charge in [0.25, 0.3) is 5.91 Å². The van der Waals surface area contributed by atoms with Crippen molar-refractivity contribution in [3.05, 3.63) is 23.8 Å². The van der Waals surface area contributed by atoms with Crippen molar-refractivity contribution in [1.29, 1.82) is 0 Å². The molecule has 1 aromatic carbocycles. The molecule has 0 aromatic heterocycles. The number of benzene rings is 1. The maximum Gasteiger partial charge on any atom is 0.253 e. The van der Waals surface area contributed by atoms with Crippen molar-refractivity contribution in [3.8, 4) is 5.75 Å². The van der Waals surface area contributed by atoms with Crippen molar-refractivity contribution < 1.29 is 13.7 Å². The van der Waals surface area contributed by atoms with Gasteiger partial charge in [-0.3, -0.25) is 9.00 Å². The molecule has 0 saturated carbocycles. The van der Waals surface area contributed by atoms with Crippen LogP contribution in [0, 0.1) is 0 Å². The first kappa shape index (κ1) is 13.9. The van der Waals surface area contributed by atoms with Gasteiger partial charge >= 0.3 is 0 Å². The second-order valence-corrected chi connectivity index (χ2v) is 6.25. The summed E-state index contributed by atoms with van der Waals surface area (Å²) in [6, 6.07) is 5.08. The highest BCUT2D eigenvalue weighted by molar-refractivity contribution is 7.85. The summed E-state index contributed by atoms with van der Waals surface area (Å²) in [5.74, 6) is 1.70. The number of carbonyl (C=O) groups excluding carboxylic acids is 1. The third kappa shape index (κ3) is 3.47. The summed E-state index contributed by atoms with van der Waals surface area (Å²) in [6.45, 7) is 0. The predicted molar refractivity (Wildman–Crippen MR) is 75.8 cm³/mol. The number of nitrogens with one attached hydrogen (secondary N) is 1. The molecule has 1 aromatic rings. The van der Waals surface area contributed by atoms with Crippen molar-refractivity contribution in [3.63, 3.8) is 0 Å². The molecule has 0 atom stereocenters. The zero-order chi connectivity index (χ0) is 13.8. The smallest absolute Gasteiger partial charge is 0.253 e. The number of ether oxygens (including phenoxy) is 1. The Labute approximate surface area is 115 Å². The highest BCUT2D eigenvalue weighted by Crippen LogP contribution is 2.20. The molecule has 3 N–H and O–H groups in total. The molecule has 1 aliphatic heterocycles. The summed E-state index contributed by atoms with van der Waals surface area (Å²) in [7, 11) is 0.820. The molecule has 5 nitrogen and oxygen atoms in total. The molecule has 1 heterocycles. The largest absolute Gasteiger partial charge is 0.497 e. The van der Waals surface area contributed by atoms with Crippen molar-refractivity contribution in [2.24, 2.45) is 0 Å². The van der Waals surface area contributed by atoms with Gasteiger partial charge in [0.05, 0.1) is 12.7 Å². The number of rotatable bonds is 3. The lowest BCUT2D eigenvalue weighted by atomic mass is 10.1. The third-order valence-electron chi connectivity index (χ3n) is 3.23. The molecule has 0 radical (unpaired) electrons. The van der Waals surface area contributed by atoms with Crippen LogP contribution in [0.2, 0.25) is 0 Å². The number of nitrogens with two attached hydrogens (primary N) is 1. The fourth-order valence-electron chi connectivity index (χ4n) is 2.06. The second kappa shape index (κ2) is 6.06. The predicted octanol–water partition coefficient (Wildman–Crippen LogP) is 0.918. The summed E-state index contributed by atoms with van der Waals surface area (Å²) in [5.41, 5.74) is 6.66. The van der Waals surface area contributed by atoms with Crippen LogP contribution >= 0.6 is 0 Å². The van der Waals surface area contributed by atoms with E-state index < -0.39 is 10.8 Å². The third-order valence-corrected chi connectivity index (χ3v) is 4.61. The van der Waals surface area contributed by atoms with Gasteiger partial charge in [0.2, 0.25) is 0 Å². The minimum absolute atomic E-state index is 0.0794. The number of hydrogen-bond donors (Lipinski definition) is 2. The van der Waals surface area contributed by atoms with E-state index >= 15 is 0 Å². The Bertz CT molecular complexity index is 495. The maximum absolute atomic E-state index is 12.2. The van der Waals surface area contributed by atoms with Crippen molar-refractivity contribution in [2.75, 3.05) is 24.3 Å². The second-order valence-electron chi connectivity index (χ2n) is 4.55. The molecule has 19 heavy (non-hydrogen) atoms. The molecule has 0 bridgehead atoms. The average Bonchev–Trinajstić information content (AvgIpc) is 2.42. The van der Waals surface area contributed by atoms with Gasteiger partial charge in [-0.2, -0.15) is 0 Å². The fraction of sp³-hybridized carbons (Fsp3) is 0.462. The Morgan fingerprint density at radius 3 is 2.74 bits per heavy atom. The number of nitrogen functional groups attached to an aromatic ring is 1. The summed E-state index contributed by atoms with van der Waals surface area (Å²) < 4.78 is 16.4. The minimum atomic E-state index is -0.726. The molecular weight excluding hydrogens is 264 g/mol. The molecule has 6 heteroatoms. The highest BCUT2D eigenvalue weighted by Gasteiger charge is 2.21. The van der Waals surface area contributed by atoms with E-state index in [0.29, 0.717) is 28.5 Å². The quantitative estimate of drug-likeness (QED) is 0.808. The van der Waals surface area contributed by atoms with Gasteiger partial charge in [0, 0.05) is 34.0 Å². The van der Waals surface area contributed by atoms with Crippen LogP contribution in [0.1, 0.15) is 23.2 Å². The molecule has 1 amide bonds. The van der Waals surface area contributed by atoms with Crippen molar-refractivity contribution in [1.82, 2.24) is 5.32 Å². The number of methoxy groups -OCH3 is 1. The molecule has 0 unspecified atom stereocenters. The Kier molecular flexibility index (Phi) is 4.42. The first-order chi connectivity index (χ1) is 9.10. The summed E-state index contributed by atoms with van der Waals surface area (Å²) in [4.78, 5) is 12.2. The lowest BCUT2D eigenvalue weighted by Gasteiger charge is -2.22. The number of anilines is 1. The van der Waals surface area contributed by atoms with Crippen LogP contribution < -0.4 is 15.8 Å². The molecule has 1 fully saturated rings. The fourth-order valence-corrected chi connectivity index (χ4v) is 3.36. The van der Waals surface area contributed by atoms with Crippen LogP contribution in [-0.2, 0) is 10.8 Å². The van der Waals surface area contributed by atoms with Crippen molar-refractivity contribution in [2.45, 2.75) is 18.9 Å². The van der Waals surface area contributed by atoms with Gasteiger partial charge in [0.1, 0.15) is 5.75 Å². The minimum Gasteiger partial charge on any atom is -0.497 e. The SMILES string of the molecule is COc1ccc(N)c(C(=O)NC2CCS(=O)CC2)c1. The Morgan fingerprint density at radius 2 is 2.11 bits per heavy atom. The van der Waals surface area contributed by atoms with Gasteiger partial charge in [-0.05, 0) is 31.0 Å². The topological polar surface area (TPSA) is 81.4 Å². The first-order valence-corrected chi connectivity index (χ1v) is 7.68. The molecule has 0 aliphatic carbocycles. The van der Waals surface area contributed by atoms with Gasteiger partial charge in [-0.15, -0.1) is 0 Å². The van der Waals surface area contributed by atoms with Gasteiger partial charge < -0.3 is 15.8 Å². The molecule has 1 aliphatic rings. The Hall–Kier alpha value is -1.56. The number of carbonyl (C=O) groups is 1.